The highest BCUT2D eigenvalue weighted by Crippen LogP contribution is 2.17. The molecule has 2 rings (SSSR count). The van der Waals surface area contributed by atoms with E-state index in [1.54, 1.807) is 36.4 Å². The van der Waals surface area contributed by atoms with E-state index in [1.165, 1.54) is 6.08 Å². The number of anilines is 1. The lowest BCUT2D eigenvalue weighted by Gasteiger charge is -1.98. The molecule has 0 radical (unpaired) electrons. The minimum Gasteiger partial charge on any atom is -0.399 e. The Morgan fingerprint density at radius 3 is 2.61 bits per heavy atom. The number of nitrogens with two attached hydrogens (primary N) is 1. The fourth-order valence-electron chi connectivity index (χ4n) is 1.56. The Hall–Kier alpha value is -2.06. The van der Waals surface area contributed by atoms with E-state index >= 15 is 0 Å². The average Bonchev–Trinajstić information content (AvgIpc) is 2.37. The van der Waals surface area contributed by atoms with Crippen molar-refractivity contribution in [1.29, 1.82) is 0 Å². The molecule has 0 saturated heterocycles. The minimum absolute atomic E-state index is 0.0952. The molecule has 2 aromatic carbocycles. The lowest BCUT2D eigenvalue weighted by Crippen LogP contribution is -1.95. The van der Waals surface area contributed by atoms with Gasteiger partial charge in [-0.2, -0.15) is 0 Å². The van der Waals surface area contributed by atoms with Crippen molar-refractivity contribution in [1.82, 2.24) is 0 Å². The topological polar surface area (TPSA) is 43.1 Å². The third-order valence-corrected chi connectivity index (χ3v) is 2.83. The molecule has 18 heavy (non-hydrogen) atoms. The van der Waals surface area contributed by atoms with Crippen LogP contribution < -0.4 is 5.73 Å². The minimum atomic E-state index is -0.0952. The van der Waals surface area contributed by atoms with E-state index in [0.717, 1.165) is 5.56 Å². The number of nitrogen functional groups attached to an aromatic ring is 1. The molecular formula is C15H12ClNO. The number of allylic oxidation sites excluding steroid dienone is 1. The summed E-state index contributed by atoms with van der Waals surface area (Å²) in [5, 5.41) is 0.620. The molecule has 0 aliphatic heterocycles. The van der Waals surface area contributed by atoms with Gasteiger partial charge in [0.2, 0.25) is 0 Å². The van der Waals surface area contributed by atoms with Gasteiger partial charge < -0.3 is 5.73 Å². The van der Waals surface area contributed by atoms with Crippen LogP contribution in [0.2, 0.25) is 5.02 Å². The van der Waals surface area contributed by atoms with Gasteiger partial charge in [0.1, 0.15) is 0 Å². The molecule has 2 N–H and O–H groups in total. The number of carbonyl (C=O) groups excluding carboxylic acids is 1. The van der Waals surface area contributed by atoms with Gasteiger partial charge >= 0.3 is 0 Å². The van der Waals surface area contributed by atoms with Crippen molar-refractivity contribution in [3.8, 4) is 0 Å². The van der Waals surface area contributed by atoms with E-state index in [2.05, 4.69) is 0 Å². The first-order valence-corrected chi connectivity index (χ1v) is 5.87. The molecule has 0 fully saturated rings. The maximum absolute atomic E-state index is 11.9. The molecule has 2 nitrogen and oxygen atoms in total. The number of rotatable bonds is 3. The second-order valence-corrected chi connectivity index (χ2v) is 4.25. The van der Waals surface area contributed by atoms with Crippen LogP contribution >= 0.6 is 11.6 Å². The van der Waals surface area contributed by atoms with Gasteiger partial charge in [0.15, 0.2) is 5.78 Å². The normalized spacial score (nSPS) is 10.7. The monoisotopic (exact) mass is 257 g/mol. The molecule has 0 amide bonds. The zero-order valence-electron chi connectivity index (χ0n) is 9.64. The lowest BCUT2D eigenvalue weighted by molar-refractivity contribution is 0.104. The fraction of sp³-hybridized carbons (Fsp3) is 0. The van der Waals surface area contributed by atoms with Crippen molar-refractivity contribution >= 4 is 29.1 Å². The highest BCUT2D eigenvalue weighted by Gasteiger charge is 2.02. The predicted molar refractivity (Wildman–Crippen MR) is 75.7 cm³/mol. The summed E-state index contributed by atoms with van der Waals surface area (Å²) in [6.07, 6.45) is 3.20. The van der Waals surface area contributed by atoms with Gasteiger partial charge in [-0.15, -0.1) is 0 Å². The Morgan fingerprint density at radius 2 is 1.89 bits per heavy atom. The van der Waals surface area contributed by atoms with Crippen LogP contribution in [0.5, 0.6) is 0 Å². The molecule has 0 unspecified atom stereocenters. The van der Waals surface area contributed by atoms with Crippen molar-refractivity contribution in [3.63, 3.8) is 0 Å². The van der Waals surface area contributed by atoms with Gasteiger partial charge in [0.25, 0.3) is 0 Å². The molecule has 0 aliphatic carbocycles. The number of hydrogen-bond acceptors (Lipinski definition) is 2. The van der Waals surface area contributed by atoms with E-state index in [-0.39, 0.29) is 5.78 Å². The first kappa shape index (κ1) is 12.4. The summed E-state index contributed by atoms with van der Waals surface area (Å²) in [5.74, 6) is -0.0952. The van der Waals surface area contributed by atoms with Gasteiger partial charge in [0.05, 0.1) is 0 Å². The van der Waals surface area contributed by atoms with Crippen LogP contribution in [0, 0.1) is 0 Å². The predicted octanol–water partition coefficient (Wildman–Crippen LogP) is 3.82. The molecule has 2 aromatic rings. The van der Waals surface area contributed by atoms with Crippen molar-refractivity contribution < 1.29 is 4.79 Å². The summed E-state index contributed by atoms with van der Waals surface area (Å²) in [6, 6.07) is 14.2. The standard InChI is InChI=1S/C15H12ClNO/c16-14-7-2-1-4-11(14)8-9-15(18)12-5-3-6-13(17)10-12/h1-10H,17H2/b9-8+. The van der Waals surface area contributed by atoms with E-state index in [9.17, 15) is 4.79 Å². The van der Waals surface area contributed by atoms with E-state index in [0.29, 0.717) is 16.3 Å². The van der Waals surface area contributed by atoms with Crippen LogP contribution in [0.25, 0.3) is 6.08 Å². The SMILES string of the molecule is Nc1cccc(C(=O)/C=C/c2ccccc2Cl)c1. The van der Waals surface area contributed by atoms with E-state index in [1.807, 2.05) is 18.2 Å². The van der Waals surface area contributed by atoms with Gasteiger partial charge in [-0.3, -0.25) is 4.79 Å². The summed E-state index contributed by atoms with van der Waals surface area (Å²) in [4.78, 5) is 11.9. The number of carbonyl (C=O) groups is 1. The largest absolute Gasteiger partial charge is 0.399 e. The van der Waals surface area contributed by atoms with Crippen molar-refractivity contribution in [3.05, 3.63) is 70.8 Å². The molecule has 0 spiro atoms. The smallest absolute Gasteiger partial charge is 0.185 e. The van der Waals surface area contributed by atoms with Crippen LogP contribution in [0.1, 0.15) is 15.9 Å². The van der Waals surface area contributed by atoms with Crippen LogP contribution in [0.4, 0.5) is 5.69 Å². The van der Waals surface area contributed by atoms with Crippen LogP contribution in [0.15, 0.2) is 54.6 Å². The first-order chi connectivity index (χ1) is 8.66. The third-order valence-electron chi connectivity index (χ3n) is 2.49. The molecule has 0 aromatic heterocycles. The Morgan fingerprint density at radius 1 is 1.11 bits per heavy atom. The van der Waals surface area contributed by atoms with Crippen LogP contribution in [0.3, 0.4) is 0 Å². The summed E-state index contributed by atoms with van der Waals surface area (Å²) in [5.41, 5.74) is 7.59. The second-order valence-electron chi connectivity index (χ2n) is 3.84. The summed E-state index contributed by atoms with van der Waals surface area (Å²) >= 11 is 6.00. The first-order valence-electron chi connectivity index (χ1n) is 5.49. The molecule has 0 aliphatic rings. The van der Waals surface area contributed by atoms with Crippen molar-refractivity contribution in [2.45, 2.75) is 0 Å². The average molecular weight is 258 g/mol. The van der Waals surface area contributed by atoms with Crippen molar-refractivity contribution in [2.75, 3.05) is 5.73 Å². The quantitative estimate of drug-likeness (QED) is 0.516. The highest BCUT2D eigenvalue weighted by atomic mass is 35.5. The maximum atomic E-state index is 11.9. The van der Waals surface area contributed by atoms with Crippen molar-refractivity contribution in [2.24, 2.45) is 0 Å². The Balaban J connectivity index is 2.20. The van der Waals surface area contributed by atoms with E-state index in [4.69, 9.17) is 17.3 Å². The fourth-order valence-corrected chi connectivity index (χ4v) is 1.76. The molecular weight excluding hydrogens is 246 g/mol. The maximum Gasteiger partial charge on any atom is 0.185 e. The molecule has 3 heteroatoms. The highest BCUT2D eigenvalue weighted by molar-refractivity contribution is 6.32. The molecule has 90 valence electrons. The molecule has 0 atom stereocenters. The second kappa shape index (κ2) is 5.52. The Labute approximate surface area is 111 Å². The van der Waals surface area contributed by atoms with Gasteiger partial charge in [-0.25, -0.2) is 0 Å². The third kappa shape index (κ3) is 2.99. The Kier molecular flexibility index (Phi) is 3.80. The van der Waals surface area contributed by atoms with Crippen LogP contribution in [-0.2, 0) is 0 Å². The zero-order chi connectivity index (χ0) is 13.0. The van der Waals surface area contributed by atoms with Crippen LogP contribution in [-0.4, -0.2) is 5.78 Å². The number of benzene rings is 2. The lowest BCUT2D eigenvalue weighted by atomic mass is 10.1. The van der Waals surface area contributed by atoms with E-state index < -0.39 is 0 Å². The zero-order valence-corrected chi connectivity index (χ0v) is 10.4. The summed E-state index contributed by atoms with van der Waals surface area (Å²) in [6.45, 7) is 0. The molecule has 0 saturated carbocycles. The number of halogens is 1. The van der Waals surface area contributed by atoms with Gasteiger partial charge in [-0.1, -0.05) is 41.9 Å². The molecule has 0 bridgehead atoms. The number of ketones is 1. The van der Waals surface area contributed by atoms with Gasteiger partial charge in [0, 0.05) is 16.3 Å². The Bertz CT molecular complexity index is 605. The summed E-state index contributed by atoms with van der Waals surface area (Å²) < 4.78 is 0. The van der Waals surface area contributed by atoms with Gasteiger partial charge in [-0.05, 0) is 35.9 Å². The number of hydrogen-bond donors (Lipinski definition) is 1. The summed E-state index contributed by atoms with van der Waals surface area (Å²) in [7, 11) is 0. The molecule has 0 heterocycles.